The van der Waals surface area contributed by atoms with E-state index in [1.807, 2.05) is 0 Å². The molecule has 31 heavy (non-hydrogen) atoms. The molecule has 0 unspecified atom stereocenters. The van der Waals surface area contributed by atoms with Gasteiger partial charge in [-0.3, -0.25) is 0 Å². The maximum atomic E-state index is 13.1. The summed E-state index contributed by atoms with van der Waals surface area (Å²) in [5.74, 6) is 1.03. The van der Waals surface area contributed by atoms with Crippen molar-refractivity contribution in [3.63, 3.8) is 0 Å². The smallest absolute Gasteiger partial charge is 0.243 e. The van der Waals surface area contributed by atoms with E-state index < -0.39 is 10.0 Å². The minimum atomic E-state index is -3.57. The van der Waals surface area contributed by atoms with E-state index in [1.165, 1.54) is 28.0 Å². The summed E-state index contributed by atoms with van der Waals surface area (Å²) in [7, 11) is -2.02. The van der Waals surface area contributed by atoms with Crippen molar-refractivity contribution >= 4 is 26.7 Å². The highest BCUT2D eigenvalue weighted by Gasteiger charge is 2.28. The van der Waals surface area contributed by atoms with Gasteiger partial charge in [0.2, 0.25) is 15.2 Å². The van der Waals surface area contributed by atoms with Crippen molar-refractivity contribution in [3.8, 4) is 5.75 Å². The first-order valence-electron chi connectivity index (χ1n) is 9.92. The molecule has 0 atom stereocenters. The molecule has 3 aromatic rings. The summed E-state index contributed by atoms with van der Waals surface area (Å²) in [5.41, 5.74) is 0.943. The number of hydrogen-bond acceptors (Lipinski definition) is 7. The summed E-state index contributed by atoms with van der Waals surface area (Å²) in [5, 5.41) is 0.779. The Morgan fingerprint density at radius 3 is 2.48 bits per heavy atom. The fraction of sp³-hybridized carbons (Fsp3) is 0.333. The van der Waals surface area contributed by atoms with E-state index in [9.17, 15) is 12.8 Å². The highest BCUT2D eigenvalue weighted by atomic mass is 32.2. The van der Waals surface area contributed by atoms with Gasteiger partial charge in [0.15, 0.2) is 0 Å². The van der Waals surface area contributed by atoms with Gasteiger partial charge in [-0.05, 0) is 48.4 Å². The predicted molar refractivity (Wildman–Crippen MR) is 118 cm³/mol. The Bertz CT molecular complexity index is 1120. The monoisotopic (exact) mass is 462 g/mol. The fourth-order valence-electron chi connectivity index (χ4n) is 3.45. The first-order valence-corrected chi connectivity index (χ1v) is 12.1. The van der Waals surface area contributed by atoms with Crippen molar-refractivity contribution in [2.45, 2.75) is 17.7 Å². The first-order chi connectivity index (χ1) is 15.0. The molecule has 0 spiro atoms. The van der Waals surface area contributed by atoms with Crippen molar-refractivity contribution in [1.29, 1.82) is 0 Å². The zero-order chi connectivity index (χ0) is 21.8. The Morgan fingerprint density at radius 2 is 1.77 bits per heavy atom. The van der Waals surface area contributed by atoms with E-state index >= 15 is 0 Å². The van der Waals surface area contributed by atoms with Gasteiger partial charge in [-0.25, -0.2) is 17.8 Å². The standard InChI is InChI=1S/C21H23FN4O3S2/c1-29-18-7-9-19(10-8-18)31(27,28)26-12-2-11-25(13-14-26)21-23-20(24-30-21)15-16-3-5-17(22)6-4-16/h3-10H,2,11-15H2,1H3. The topological polar surface area (TPSA) is 75.6 Å². The van der Waals surface area contributed by atoms with Crippen molar-refractivity contribution in [2.24, 2.45) is 0 Å². The van der Waals surface area contributed by atoms with E-state index in [2.05, 4.69) is 14.3 Å². The van der Waals surface area contributed by atoms with Gasteiger partial charge < -0.3 is 9.64 Å². The zero-order valence-electron chi connectivity index (χ0n) is 17.1. The molecule has 0 bridgehead atoms. The molecule has 0 N–H and O–H groups in total. The summed E-state index contributed by atoms with van der Waals surface area (Å²) in [6.45, 7) is 2.08. The number of nitrogens with zero attached hydrogens (tertiary/aromatic N) is 4. The summed E-state index contributed by atoms with van der Waals surface area (Å²) in [6, 6.07) is 12.8. The number of benzene rings is 2. The molecule has 164 valence electrons. The molecule has 1 saturated heterocycles. The Morgan fingerprint density at radius 1 is 1.03 bits per heavy atom. The first kappa shape index (κ1) is 21.7. The maximum Gasteiger partial charge on any atom is 0.243 e. The van der Waals surface area contributed by atoms with Gasteiger partial charge in [-0.1, -0.05) is 12.1 Å². The Kier molecular flexibility index (Phi) is 6.49. The summed E-state index contributed by atoms with van der Waals surface area (Å²) >= 11 is 1.31. The van der Waals surface area contributed by atoms with Crippen LogP contribution < -0.4 is 9.64 Å². The SMILES string of the molecule is COc1ccc(S(=O)(=O)N2CCCN(c3nc(Cc4ccc(F)cc4)ns3)CC2)cc1. The molecule has 2 aromatic carbocycles. The van der Waals surface area contributed by atoms with Crippen molar-refractivity contribution in [3.05, 3.63) is 65.7 Å². The van der Waals surface area contributed by atoms with E-state index in [1.54, 1.807) is 43.5 Å². The van der Waals surface area contributed by atoms with Gasteiger partial charge >= 0.3 is 0 Å². The fourth-order valence-corrected chi connectivity index (χ4v) is 5.66. The van der Waals surface area contributed by atoms with Gasteiger partial charge in [0.05, 0.1) is 12.0 Å². The minimum Gasteiger partial charge on any atom is -0.497 e. The van der Waals surface area contributed by atoms with Crippen LogP contribution >= 0.6 is 11.5 Å². The summed E-state index contributed by atoms with van der Waals surface area (Å²) in [4.78, 5) is 6.96. The lowest BCUT2D eigenvalue weighted by molar-refractivity contribution is 0.413. The molecular formula is C21H23FN4O3S2. The van der Waals surface area contributed by atoms with Crippen LogP contribution in [0.2, 0.25) is 0 Å². The third kappa shape index (κ3) is 5.03. The summed E-state index contributed by atoms with van der Waals surface area (Å²) < 4.78 is 50.2. The molecule has 0 saturated carbocycles. The quantitative estimate of drug-likeness (QED) is 0.560. The lowest BCUT2D eigenvalue weighted by atomic mass is 10.1. The Balaban J connectivity index is 1.42. The highest BCUT2D eigenvalue weighted by Crippen LogP contribution is 2.24. The van der Waals surface area contributed by atoms with Crippen LogP contribution in [0.3, 0.4) is 0 Å². The number of methoxy groups -OCH3 is 1. The van der Waals surface area contributed by atoms with E-state index in [0.29, 0.717) is 50.6 Å². The number of halogens is 1. The predicted octanol–water partition coefficient (Wildman–Crippen LogP) is 3.18. The minimum absolute atomic E-state index is 0.263. The third-order valence-electron chi connectivity index (χ3n) is 5.16. The largest absolute Gasteiger partial charge is 0.497 e. The number of aromatic nitrogens is 2. The number of anilines is 1. The lowest BCUT2D eigenvalue weighted by Gasteiger charge is -2.21. The van der Waals surface area contributed by atoms with E-state index in [-0.39, 0.29) is 10.7 Å². The third-order valence-corrected chi connectivity index (χ3v) is 7.88. The van der Waals surface area contributed by atoms with Crippen LogP contribution in [0.4, 0.5) is 9.52 Å². The van der Waals surface area contributed by atoms with Gasteiger partial charge in [0.25, 0.3) is 0 Å². The van der Waals surface area contributed by atoms with Crippen molar-refractivity contribution < 1.29 is 17.5 Å². The van der Waals surface area contributed by atoms with E-state index in [0.717, 1.165) is 10.7 Å². The van der Waals surface area contributed by atoms with E-state index in [4.69, 9.17) is 4.74 Å². The second kappa shape index (κ2) is 9.29. The van der Waals surface area contributed by atoms with Crippen LogP contribution in [-0.2, 0) is 16.4 Å². The van der Waals surface area contributed by atoms with Crippen molar-refractivity contribution in [1.82, 2.24) is 13.7 Å². The average Bonchev–Trinajstić information content (AvgIpc) is 3.09. The van der Waals surface area contributed by atoms with Crippen LogP contribution in [0.1, 0.15) is 17.8 Å². The van der Waals surface area contributed by atoms with Crippen LogP contribution in [0.5, 0.6) is 5.75 Å². The number of rotatable bonds is 6. The average molecular weight is 463 g/mol. The van der Waals surface area contributed by atoms with Crippen molar-refractivity contribution in [2.75, 3.05) is 38.2 Å². The molecule has 0 aliphatic carbocycles. The van der Waals surface area contributed by atoms with Gasteiger partial charge in [-0.2, -0.15) is 8.68 Å². The molecule has 1 aromatic heterocycles. The molecule has 0 amide bonds. The molecule has 2 heterocycles. The lowest BCUT2D eigenvalue weighted by Crippen LogP contribution is -2.35. The van der Waals surface area contributed by atoms with Crippen LogP contribution in [0, 0.1) is 5.82 Å². The van der Waals surface area contributed by atoms with Crippen LogP contribution in [0.15, 0.2) is 53.4 Å². The highest BCUT2D eigenvalue weighted by molar-refractivity contribution is 7.89. The normalized spacial score (nSPS) is 15.6. The second-order valence-corrected chi connectivity index (χ2v) is 9.88. The number of hydrogen-bond donors (Lipinski definition) is 0. The van der Waals surface area contributed by atoms with Gasteiger partial charge in [0.1, 0.15) is 17.4 Å². The maximum absolute atomic E-state index is 13.1. The zero-order valence-corrected chi connectivity index (χ0v) is 18.7. The Labute approximate surface area is 185 Å². The van der Waals surface area contributed by atoms with Crippen LogP contribution in [-0.4, -0.2) is 55.4 Å². The molecule has 1 aliphatic heterocycles. The van der Waals surface area contributed by atoms with Gasteiger partial charge in [0, 0.05) is 44.1 Å². The molecule has 4 rings (SSSR count). The number of sulfonamides is 1. The molecule has 1 aliphatic rings. The van der Waals surface area contributed by atoms with Gasteiger partial charge in [-0.15, -0.1) is 0 Å². The molecule has 10 heteroatoms. The van der Waals surface area contributed by atoms with Crippen LogP contribution in [0.25, 0.3) is 0 Å². The molecule has 1 fully saturated rings. The molecular weight excluding hydrogens is 439 g/mol. The molecule has 0 radical (unpaired) electrons. The Hall–Kier alpha value is -2.56. The summed E-state index contributed by atoms with van der Waals surface area (Å²) in [6.07, 6.45) is 1.23. The second-order valence-electron chi connectivity index (χ2n) is 7.22. The molecule has 7 nitrogen and oxygen atoms in total. The number of ether oxygens (including phenoxy) is 1.